The molecule has 0 saturated carbocycles. The molecule has 5 rings (SSSR count). The van der Waals surface area contributed by atoms with Crippen molar-refractivity contribution in [2.24, 2.45) is 0 Å². The highest BCUT2D eigenvalue weighted by molar-refractivity contribution is 6.10. The predicted octanol–water partition coefficient (Wildman–Crippen LogP) is 6.12. The number of carboxylic acids is 1. The summed E-state index contributed by atoms with van der Waals surface area (Å²) in [5.41, 5.74) is 4.10. The van der Waals surface area contributed by atoms with Gasteiger partial charge in [-0.25, -0.2) is 4.79 Å². The Kier molecular flexibility index (Phi) is 6.24. The maximum absolute atomic E-state index is 13.5. The van der Waals surface area contributed by atoms with Crippen LogP contribution in [0.15, 0.2) is 107 Å². The molecule has 1 aromatic heterocycles. The SMILES string of the molecule is COc1cccc(-c2ccc(/C=C3\C=C(c4ccccc4)N(Cc4ccc(C(=O)O)cc4)C3=O)o2)c1. The van der Waals surface area contributed by atoms with Crippen molar-refractivity contribution in [3.8, 4) is 17.1 Å². The van der Waals surface area contributed by atoms with E-state index in [2.05, 4.69) is 0 Å². The summed E-state index contributed by atoms with van der Waals surface area (Å²) in [6, 6.07) is 27.5. The average Bonchev–Trinajstić information content (AvgIpc) is 3.50. The van der Waals surface area contributed by atoms with Crippen LogP contribution in [0.1, 0.15) is 27.2 Å². The lowest BCUT2D eigenvalue weighted by atomic mass is 10.1. The number of methoxy groups -OCH3 is 1. The third-order valence-electron chi connectivity index (χ3n) is 5.97. The van der Waals surface area contributed by atoms with E-state index in [0.29, 0.717) is 23.6 Å². The molecule has 1 aliphatic rings. The van der Waals surface area contributed by atoms with Gasteiger partial charge in [-0.3, -0.25) is 4.79 Å². The Hall–Kier alpha value is -4.84. The van der Waals surface area contributed by atoms with Crippen molar-refractivity contribution in [2.75, 3.05) is 7.11 Å². The molecular formula is C30H23NO5. The quantitative estimate of drug-likeness (QED) is 0.324. The fourth-order valence-electron chi connectivity index (χ4n) is 4.11. The van der Waals surface area contributed by atoms with Crippen molar-refractivity contribution >= 4 is 23.6 Å². The highest BCUT2D eigenvalue weighted by atomic mass is 16.5. The number of benzene rings is 3. The van der Waals surface area contributed by atoms with Gasteiger partial charge in [-0.2, -0.15) is 0 Å². The molecule has 0 spiro atoms. The first kappa shape index (κ1) is 22.9. The van der Waals surface area contributed by atoms with Crippen LogP contribution in [0.4, 0.5) is 0 Å². The van der Waals surface area contributed by atoms with Crippen molar-refractivity contribution in [3.63, 3.8) is 0 Å². The molecule has 0 aliphatic carbocycles. The second kappa shape index (κ2) is 9.80. The van der Waals surface area contributed by atoms with E-state index < -0.39 is 5.97 Å². The molecule has 2 heterocycles. The molecule has 0 bridgehead atoms. The molecule has 178 valence electrons. The van der Waals surface area contributed by atoms with Crippen LogP contribution in [0, 0.1) is 0 Å². The van der Waals surface area contributed by atoms with Crippen LogP contribution >= 0.6 is 0 Å². The first-order valence-corrected chi connectivity index (χ1v) is 11.4. The topological polar surface area (TPSA) is 80.0 Å². The van der Waals surface area contributed by atoms with E-state index in [-0.39, 0.29) is 11.5 Å². The summed E-state index contributed by atoms with van der Waals surface area (Å²) in [7, 11) is 1.62. The highest BCUT2D eigenvalue weighted by Gasteiger charge is 2.29. The molecule has 1 N–H and O–H groups in total. The molecule has 1 aliphatic heterocycles. The Morgan fingerprint density at radius 2 is 1.69 bits per heavy atom. The van der Waals surface area contributed by atoms with Gasteiger partial charge in [0.15, 0.2) is 0 Å². The Balaban J connectivity index is 1.46. The molecule has 0 radical (unpaired) electrons. The molecule has 0 fully saturated rings. The van der Waals surface area contributed by atoms with Crippen molar-refractivity contribution < 1.29 is 23.8 Å². The van der Waals surface area contributed by atoms with Crippen LogP contribution < -0.4 is 4.74 Å². The molecule has 0 unspecified atom stereocenters. The molecule has 36 heavy (non-hydrogen) atoms. The zero-order valence-corrected chi connectivity index (χ0v) is 19.5. The number of carboxylic acid groups (broad SMARTS) is 1. The van der Waals surface area contributed by atoms with E-state index >= 15 is 0 Å². The number of amides is 1. The summed E-state index contributed by atoms with van der Waals surface area (Å²) >= 11 is 0. The van der Waals surface area contributed by atoms with Gasteiger partial charge in [-0.1, -0.05) is 54.6 Å². The summed E-state index contributed by atoms with van der Waals surface area (Å²) in [5, 5.41) is 9.17. The number of rotatable bonds is 7. The van der Waals surface area contributed by atoms with Gasteiger partial charge >= 0.3 is 5.97 Å². The number of carbonyl (C=O) groups is 2. The third kappa shape index (κ3) is 4.70. The average molecular weight is 478 g/mol. The summed E-state index contributed by atoms with van der Waals surface area (Å²) in [5.74, 6) is 0.828. The molecule has 4 aromatic rings. The lowest BCUT2D eigenvalue weighted by Gasteiger charge is -2.21. The van der Waals surface area contributed by atoms with E-state index in [4.69, 9.17) is 9.15 Å². The fraction of sp³-hybridized carbons (Fsp3) is 0.0667. The van der Waals surface area contributed by atoms with E-state index in [9.17, 15) is 14.7 Å². The molecular weight excluding hydrogens is 454 g/mol. The normalized spacial score (nSPS) is 14.2. The van der Waals surface area contributed by atoms with Crippen LogP contribution in [0.2, 0.25) is 0 Å². The Morgan fingerprint density at radius 1 is 0.944 bits per heavy atom. The highest BCUT2D eigenvalue weighted by Crippen LogP contribution is 2.33. The summed E-state index contributed by atoms with van der Waals surface area (Å²) in [6.07, 6.45) is 3.60. The molecule has 3 aromatic carbocycles. The summed E-state index contributed by atoms with van der Waals surface area (Å²) in [6.45, 7) is 0.310. The van der Waals surface area contributed by atoms with Crippen molar-refractivity contribution in [1.29, 1.82) is 0 Å². The van der Waals surface area contributed by atoms with Crippen LogP contribution in [-0.2, 0) is 11.3 Å². The Morgan fingerprint density at radius 3 is 2.42 bits per heavy atom. The lowest BCUT2D eigenvalue weighted by Crippen LogP contribution is -2.25. The molecule has 6 heteroatoms. The number of carbonyl (C=O) groups excluding carboxylic acids is 1. The monoisotopic (exact) mass is 477 g/mol. The van der Waals surface area contributed by atoms with Crippen LogP contribution in [0.5, 0.6) is 5.75 Å². The van der Waals surface area contributed by atoms with E-state index in [0.717, 1.165) is 28.1 Å². The van der Waals surface area contributed by atoms with Gasteiger partial charge < -0.3 is 19.2 Å². The van der Waals surface area contributed by atoms with E-state index in [1.54, 1.807) is 42.4 Å². The standard InChI is InChI=1S/C30H23NO5/c1-35-25-9-5-8-23(16-25)28-15-14-26(36-28)17-24-18-27(21-6-3-2-4-7-21)31(29(24)32)19-20-10-12-22(13-11-20)30(33)34/h2-18H,19H2,1H3,(H,33,34)/b24-17+. The first-order chi connectivity index (χ1) is 17.5. The minimum absolute atomic E-state index is 0.157. The zero-order chi connectivity index (χ0) is 25.1. The number of nitrogens with zero attached hydrogens (tertiary/aromatic N) is 1. The maximum Gasteiger partial charge on any atom is 0.335 e. The second-order valence-corrected chi connectivity index (χ2v) is 8.32. The summed E-state index contributed by atoms with van der Waals surface area (Å²) < 4.78 is 11.3. The van der Waals surface area contributed by atoms with Crippen LogP contribution in [-0.4, -0.2) is 29.0 Å². The van der Waals surface area contributed by atoms with Gasteiger partial charge in [-0.15, -0.1) is 0 Å². The van der Waals surface area contributed by atoms with Crippen molar-refractivity contribution in [2.45, 2.75) is 6.54 Å². The minimum Gasteiger partial charge on any atom is -0.497 e. The maximum atomic E-state index is 13.5. The Bertz CT molecular complexity index is 1480. The number of hydrogen-bond acceptors (Lipinski definition) is 4. The molecule has 0 saturated heterocycles. The first-order valence-electron chi connectivity index (χ1n) is 11.4. The minimum atomic E-state index is -0.986. The second-order valence-electron chi connectivity index (χ2n) is 8.32. The van der Waals surface area contributed by atoms with Gasteiger partial charge in [0.2, 0.25) is 0 Å². The Labute approximate surface area is 208 Å². The number of ether oxygens (including phenoxy) is 1. The smallest absolute Gasteiger partial charge is 0.335 e. The predicted molar refractivity (Wildman–Crippen MR) is 137 cm³/mol. The zero-order valence-electron chi connectivity index (χ0n) is 19.5. The third-order valence-corrected chi connectivity index (χ3v) is 5.97. The number of aromatic carboxylic acids is 1. The summed E-state index contributed by atoms with van der Waals surface area (Å²) in [4.78, 5) is 26.4. The van der Waals surface area contributed by atoms with Crippen molar-refractivity contribution in [1.82, 2.24) is 4.90 Å². The molecule has 1 amide bonds. The van der Waals surface area contributed by atoms with Crippen molar-refractivity contribution in [3.05, 3.63) is 125 Å². The number of furan rings is 1. The van der Waals surface area contributed by atoms with E-state index in [1.807, 2.05) is 72.8 Å². The lowest BCUT2D eigenvalue weighted by molar-refractivity contribution is -0.123. The molecule has 6 nitrogen and oxygen atoms in total. The fourth-order valence-corrected chi connectivity index (χ4v) is 4.11. The van der Waals surface area contributed by atoms with Gasteiger partial charge in [0.1, 0.15) is 17.3 Å². The van der Waals surface area contributed by atoms with Gasteiger partial charge in [-0.05, 0) is 59.7 Å². The van der Waals surface area contributed by atoms with Gasteiger partial charge in [0.05, 0.1) is 24.9 Å². The van der Waals surface area contributed by atoms with Crippen LogP contribution in [0.25, 0.3) is 23.1 Å². The van der Waals surface area contributed by atoms with Gasteiger partial charge in [0, 0.05) is 11.1 Å². The molecule has 0 atom stereocenters. The van der Waals surface area contributed by atoms with E-state index in [1.165, 1.54) is 0 Å². The largest absolute Gasteiger partial charge is 0.497 e. The van der Waals surface area contributed by atoms with Gasteiger partial charge in [0.25, 0.3) is 5.91 Å². The number of hydrogen-bond donors (Lipinski definition) is 1. The van der Waals surface area contributed by atoms with Crippen LogP contribution in [0.3, 0.4) is 0 Å².